The van der Waals surface area contributed by atoms with Gasteiger partial charge in [-0.3, -0.25) is 4.98 Å². The van der Waals surface area contributed by atoms with Crippen LogP contribution < -0.4 is 4.57 Å². The van der Waals surface area contributed by atoms with E-state index in [1.807, 2.05) is 0 Å². The van der Waals surface area contributed by atoms with E-state index in [-0.39, 0.29) is 0 Å². The van der Waals surface area contributed by atoms with Gasteiger partial charge in [-0.2, -0.15) is 4.57 Å². The van der Waals surface area contributed by atoms with Crippen LogP contribution in [-0.4, -0.2) is 4.98 Å². The zero-order chi connectivity index (χ0) is 21.5. The van der Waals surface area contributed by atoms with Crippen LogP contribution >= 0.6 is 0 Å². The third-order valence-electron chi connectivity index (χ3n) is 7.17. The molecule has 2 aromatic heterocycles. The average Bonchev–Trinajstić information content (AvgIpc) is 3.32. The third-order valence-corrected chi connectivity index (χ3v) is 7.17. The minimum absolute atomic E-state index is 0.695. The first-order chi connectivity index (χ1) is 15.0. The van der Waals surface area contributed by atoms with Gasteiger partial charge in [-0.05, 0) is 74.4 Å². The zero-order valence-electron chi connectivity index (χ0n) is 19.1. The fourth-order valence-corrected chi connectivity index (χ4v) is 5.28. The summed E-state index contributed by atoms with van der Waals surface area (Å²) in [5, 5.41) is 1.25. The number of para-hydroxylation sites is 1. The number of hydrogen-bond donors (Lipinski definition) is 0. The van der Waals surface area contributed by atoms with Gasteiger partial charge in [0.25, 0.3) is 0 Å². The van der Waals surface area contributed by atoms with E-state index in [9.17, 15) is 0 Å². The Labute approximate surface area is 185 Å². The highest BCUT2D eigenvalue weighted by atomic mass is 14.9. The molecule has 0 amide bonds. The Bertz CT molecular complexity index is 1260. The van der Waals surface area contributed by atoms with E-state index < -0.39 is 0 Å². The maximum Gasteiger partial charge on any atom is 0.213 e. The summed E-state index contributed by atoms with van der Waals surface area (Å²) in [4.78, 5) is 4.96. The maximum atomic E-state index is 4.96. The van der Waals surface area contributed by atoms with E-state index in [0.717, 1.165) is 5.69 Å². The topological polar surface area (TPSA) is 16.8 Å². The van der Waals surface area contributed by atoms with Crippen LogP contribution in [0.3, 0.4) is 0 Å². The molecule has 0 saturated heterocycles. The van der Waals surface area contributed by atoms with Crippen molar-refractivity contribution in [2.24, 2.45) is 7.05 Å². The molecule has 31 heavy (non-hydrogen) atoms. The van der Waals surface area contributed by atoms with Gasteiger partial charge in [0.05, 0.1) is 11.1 Å². The van der Waals surface area contributed by atoms with Gasteiger partial charge in [0.1, 0.15) is 7.05 Å². The molecule has 0 bridgehead atoms. The summed E-state index contributed by atoms with van der Waals surface area (Å²) in [6, 6.07) is 20.1. The second-order valence-electron chi connectivity index (χ2n) is 9.23. The van der Waals surface area contributed by atoms with E-state index in [1.54, 1.807) is 0 Å². The Hall–Kier alpha value is -3.00. The SMILES string of the molecule is Cc1cc(C)c(C)c(-c2cc(-c3ccc(C4CCCC4)cn3)c3ccccc3[n+]2C)c1. The molecule has 0 spiro atoms. The number of benzene rings is 2. The van der Waals surface area contributed by atoms with Crippen molar-refractivity contribution >= 4 is 10.9 Å². The molecule has 0 N–H and O–H groups in total. The van der Waals surface area contributed by atoms with Crippen molar-refractivity contribution in [3.63, 3.8) is 0 Å². The van der Waals surface area contributed by atoms with Gasteiger partial charge in [-0.15, -0.1) is 0 Å². The first-order valence-corrected chi connectivity index (χ1v) is 11.5. The van der Waals surface area contributed by atoms with Crippen molar-refractivity contribution < 1.29 is 4.57 Å². The fourth-order valence-electron chi connectivity index (χ4n) is 5.28. The Kier molecular flexibility index (Phi) is 5.09. The minimum Gasteiger partial charge on any atom is -0.256 e. The fraction of sp³-hybridized carbons (Fsp3) is 0.310. The molecule has 1 saturated carbocycles. The van der Waals surface area contributed by atoms with Crippen molar-refractivity contribution in [3.05, 3.63) is 83.0 Å². The number of fused-ring (bicyclic) bond motifs is 1. The first kappa shape index (κ1) is 19.9. The van der Waals surface area contributed by atoms with Crippen molar-refractivity contribution in [1.82, 2.24) is 4.98 Å². The van der Waals surface area contributed by atoms with Crippen molar-refractivity contribution in [1.29, 1.82) is 0 Å². The van der Waals surface area contributed by atoms with Crippen LogP contribution in [0.15, 0.2) is 60.8 Å². The molecule has 2 heterocycles. The lowest BCUT2D eigenvalue weighted by Gasteiger charge is -2.14. The van der Waals surface area contributed by atoms with Crippen LogP contribution in [0.1, 0.15) is 53.9 Å². The Balaban J connectivity index is 1.71. The van der Waals surface area contributed by atoms with Crippen LogP contribution in [0.4, 0.5) is 0 Å². The predicted molar refractivity (Wildman–Crippen MR) is 129 cm³/mol. The predicted octanol–water partition coefficient (Wildman–Crippen LogP) is 6.98. The largest absolute Gasteiger partial charge is 0.256 e. The Morgan fingerprint density at radius 1 is 0.871 bits per heavy atom. The van der Waals surface area contributed by atoms with Gasteiger partial charge >= 0.3 is 0 Å². The minimum atomic E-state index is 0.695. The molecular formula is C29H31N2+. The van der Waals surface area contributed by atoms with Gasteiger partial charge < -0.3 is 0 Å². The number of aryl methyl sites for hydroxylation is 3. The normalized spacial score (nSPS) is 14.5. The van der Waals surface area contributed by atoms with Gasteiger partial charge in [-0.25, -0.2) is 0 Å². The highest BCUT2D eigenvalue weighted by Crippen LogP contribution is 2.36. The van der Waals surface area contributed by atoms with Gasteiger partial charge in [-0.1, -0.05) is 42.7 Å². The van der Waals surface area contributed by atoms with Crippen LogP contribution in [0, 0.1) is 20.8 Å². The molecule has 5 rings (SSSR count). The molecule has 1 aliphatic rings. The molecule has 2 heteroatoms. The summed E-state index contributed by atoms with van der Waals surface area (Å²) in [6.07, 6.45) is 7.44. The van der Waals surface area contributed by atoms with Gasteiger partial charge in [0.15, 0.2) is 0 Å². The number of pyridine rings is 2. The molecule has 4 aromatic rings. The third kappa shape index (κ3) is 3.54. The van der Waals surface area contributed by atoms with Gasteiger partial charge in [0, 0.05) is 29.5 Å². The van der Waals surface area contributed by atoms with Crippen LogP contribution in [0.25, 0.3) is 33.4 Å². The molecule has 156 valence electrons. The lowest BCUT2D eigenvalue weighted by Crippen LogP contribution is -2.32. The summed E-state index contributed by atoms with van der Waals surface area (Å²) in [6.45, 7) is 6.62. The molecule has 0 unspecified atom stereocenters. The molecule has 2 aromatic carbocycles. The number of hydrogen-bond acceptors (Lipinski definition) is 1. The van der Waals surface area contributed by atoms with Crippen molar-refractivity contribution in [3.8, 4) is 22.5 Å². The van der Waals surface area contributed by atoms with Crippen LogP contribution in [0.2, 0.25) is 0 Å². The molecular weight excluding hydrogens is 376 g/mol. The smallest absolute Gasteiger partial charge is 0.213 e. The van der Waals surface area contributed by atoms with E-state index in [1.165, 1.54) is 75.7 Å². The summed E-state index contributed by atoms with van der Waals surface area (Å²) in [5.41, 5.74) is 11.4. The maximum absolute atomic E-state index is 4.96. The van der Waals surface area contributed by atoms with Crippen LogP contribution in [-0.2, 0) is 7.05 Å². The monoisotopic (exact) mass is 407 g/mol. The molecule has 0 aliphatic heterocycles. The Morgan fingerprint density at radius 3 is 2.39 bits per heavy atom. The Morgan fingerprint density at radius 2 is 1.65 bits per heavy atom. The van der Waals surface area contributed by atoms with E-state index in [2.05, 4.69) is 93.2 Å². The number of rotatable bonds is 3. The average molecular weight is 408 g/mol. The van der Waals surface area contributed by atoms with Gasteiger partial charge in [0.2, 0.25) is 11.2 Å². The summed E-state index contributed by atoms with van der Waals surface area (Å²) in [5.74, 6) is 0.695. The van der Waals surface area contributed by atoms with Crippen LogP contribution in [0.5, 0.6) is 0 Å². The summed E-state index contributed by atoms with van der Waals surface area (Å²) in [7, 11) is 2.18. The second-order valence-corrected chi connectivity index (χ2v) is 9.23. The van der Waals surface area contributed by atoms with E-state index in [0.29, 0.717) is 5.92 Å². The first-order valence-electron chi connectivity index (χ1n) is 11.5. The molecule has 0 radical (unpaired) electrons. The molecule has 1 fully saturated rings. The lowest BCUT2D eigenvalue weighted by atomic mass is 9.94. The standard InChI is InChI=1S/C29H31N2/c1-19-15-20(2)21(3)25(16-19)29-17-26(24-11-7-8-12-28(24)31(29)4)27-14-13-23(18-30-27)22-9-5-6-10-22/h7-8,11-18,22H,5-6,9-10H2,1-4H3/q+1. The van der Waals surface area contributed by atoms with E-state index in [4.69, 9.17) is 4.98 Å². The lowest BCUT2D eigenvalue weighted by molar-refractivity contribution is -0.633. The molecule has 0 atom stereocenters. The number of nitrogens with zero attached hydrogens (tertiary/aromatic N) is 2. The summed E-state index contributed by atoms with van der Waals surface area (Å²) >= 11 is 0. The molecule has 2 nitrogen and oxygen atoms in total. The highest BCUT2D eigenvalue weighted by Gasteiger charge is 2.22. The van der Waals surface area contributed by atoms with Crippen molar-refractivity contribution in [2.45, 2.75) is 52.4 Å². The van der Waals surface area contributed by atoms with E-state index >= 15 is 0 Å². The highest BCUT2D eigenvalue weighted by molar-refractivity contribution is 5.93. The second kappa shape index (κ2) is 7.92. The molecule has 1 aliphatic carbocycles. The van der Waals surface area contributed by atoms with Crippen molar-refractivity contribution in [2.75, 3.05) is 0 Å². The zero-order valence-corrected chi connectivity index (χ0v) is 19.1. The summed E-state index contributed by atoms with van der Waals surface area (Å²) < 4.78 is 2.33. The number of aromatic nitrogens is 2. The quantitative estimate of drug-likeness (QED) is 0.335.